The third kappa shape index (κ3) is 3.38. The Morgan fingerprint density at radius 1 is 1.08 bits per heavy atom. The normalized spacial score (nSPS) is 10.4. The predicted molar refractivity (Wildman–Crippen MR) is 89.5 cm³/mol. The lowest BCUT2D eigenvalue weighted by atomic mass is 10.1. The first-order valence-electron chi connectivity index (χ1n) is 7.27. The van der Waals surface area contributed by atoms with Gasteiger partial charge < -0.3 is 5.32 Å². The zero-order chi connectivity index (χ0) is 17.1. The van der Waals surface area contributed by atoms with Gasteiger partial charge in [0.1, 0.15) is 5.82 Å². The number of anilines is 1. The Bertz CT molecular complexity index is 949. The van der Waals surface area contributed by atoms with E-state index in [1.54, 1.807) is 42.5 Å². The van der Waals surface area contributed by atoms with E-state index in [0.717, 1.165) is 0 Å². The zero-order valence-electron chi connectivity index (χ0n) is 12.9. The van der Waals surface area contributed by atoms with E-state index in [1.807, 2.05) is 0 Å². The largest absolute Gasteiger partial charge is 0.326 e. The van der Waals surface area contributed by atoms with Crippen LogP contribution in [0.15, 0.2) is 65.5 Å². The molecule has 24 heavy (non-hydrogen) atoms. The molecule has 1 N–H and O–H groups in total. The predicted octanol–water partition coefficient (Wildman–Crippen LogP) is 3.00. The number of hydrogen-bond donors (Lipinski definition) is 1. The molecule has 5 nitrogen and oxygen atoms in total. The molecule has 0 aliphatic carbocycles. The van der Waals surface area contributed by atoms with Crippen LogP contribution in [0.25, 0.3) is 16.9 Å². The Morgan fingerprint density at radius 2 is 1.83 bits per heavy atom. The molecule has 0 saturated heterocycles. The second kappa shape index (κ2) is 6.45. The van der Waals surface area contributed by atoms with Crippen molar-refractivity contribution in [2.45, 2.75) is 6.92 Å². The highest BCUT2D eigenvalue weighted by Crippen LogP contribution is 2.18. The average molecular weight is 323 g/mol. The van der Waals surface area contributed by atoms with Crippen LogP contribution in [0.3, 0.4) is 0 Å². The maximum absolute atomic E-state index is 13.0. The monoisotopic (exact) mass is 323 g/mol. The SMILES string of the molecule is CC(=O)Nc1cccc(-n2nc(-c3ccc(F)cc3)ccc2=O)c1. The summed E-state index contributed by atoms with van der Waals surface area (Å²) in [7, 11) is 0. The second-order valence-corrected chi connectivity index (χ2v) is 5.21. The number of halogens is 1. The van der Waals surface area contributed by atoms with Crippen molar-refractivity contribution in [1.82, 2.24) is 9.78 Å². The maximum Gasteiger partial charge on any atom is 0.271 e. The summed E-state index contributed by atoms with van der Waals surface area (Å²) in [4.78, 5) is 23.3. The van der Waals surface area contributed by atoms with Crippen molar-refractivity contribution in [3.05, 3.63) is 76.8 Å². The summed E-state index contributed by atoms with van der Waals surface area (Å²) >= 11 is 0. The molecule has 0 aliphatic heterocycles. The number of nitrogens with zero attached hydrogens (tertiary/aromatic N) is 2. The van der Waals surface area contributed by atoms with Crippen LogP contribution in [-0.2, 0) is 4.79 Å². The van der Waals surface area contributed by atoms with Crippen molar-refractivity contribution < 1.29 is 9.18 Å². The van der Waals surface area contributed by atoms with E-state index in [9.17, 15) is 14.0 Å². The van der Waals surface area contributed by atoms with Gasteiger partial charge in [-0.15, -0.1) is 0 Å². The van der Waals surface area contributed by atoms with E-state index in [4.69, 9.17) is 0 Å². The molecule has 3 rings (SSSR count). The summed E-state index contributed by atoms with van der Waals surface area (Å²) in [5, 5.41) is 6.99. The minimum Gasteiger partial charge on any atom is -0.326 e. The topological polar surface area (TPSA) is 64.0 Å². The zero-order valence-corrected chi connectivity index (χ0v) is 12.9. The molecule has 120 valence electrons. The Kier molecular flexibility index (Phi) is 4.20. The number of benzene rings is 2. The molecule has 0 radical (unpaired) electrons. The third-order valence-electron chi connectivity index (χ3n) is 3.35. The number of nitrogens with one attached hydrogen (secondary N) is 1. The number of hydrogen-bond acceptors (Lipinski definition) is 3. The van der Waals surface area contributed by atoms with E-state index in [-0.39, 0.29) is 17.3 Å². The molecule has 0 aliphatic rings. The number of carbonyl (C=O) groups excluding carboxylic acids is 1. The van der Waals surface area contributed by atoms with Gasteiger partial charge >= 0.3 is 0 Å². The number of carbonyl (C=O) groups is 1. The van der Waals surface area contributed by atoms with Crippen LogP contribution in [-0.4, -0.2) is 15.7 Å². The molecule has 0 unspecified atom stereocenters. The smallest absolute Gasteiger partial charge is 0.271 e. The van der Waals surface area contributed by atoms with Gasteiger partial charge in [0.25, 0.3) is 5.56 Å². The molecule has 1 heterocycles. The first-order chi connectivity index (χ1) is 11.5. The van der Waals surface area contributed by atoms with Crippen LogP contribution in [0.4, 0.5) is 10.1 Å². The van der Waals surface area contributed by atoms with Gasteiger partial charge in [-0.1, -0.05) is 6.07 Å². The van der Waals surface area contributed by atoms with Crippen LogP contribution in [0.2, 0.25) is 0 Å². The van der Waals surface area contributed by atoms with Gasteiger partial charge in [0.05, 0.1) is 11.4 Å². The lowest BCUT2D eigenvalue weighted by Gasteiger charge is -2.09. The first-order valence-corrected chi connectivity index (χ1v) is 7.27. The molecule has 1 amide bonds. The molecule has 0 spiro atoms. The lowest BCUT2D eigenvalue weighted by Crippen LogP contribution is -2.20. The van der Waals surface area contributed by atoms with Crippen LogP contribution in [0.5, 0.6) is 0 Å². The van der Waals surface area contributed by atoms with Crippen molar-refractivity contribution in [3.8, 4) is 16.9 Å². The number of aromatic nitrogens is 2. The van der Waals surface area contributed by atoms with Gasteiger partial charge in [0.15, 0.2) is 0 Å². The third-order valence-corrected chi connectivity index (χ3v) is 3.35. The van der Waals surface area contributed by atoms with Crippen molar-refractivity contribution in [2.24, 2.45) is 0 Å². The van der Waals surface area contributed by atoms with Gasteiger partial charge in [0.2, 0.25) is 5.91 Å². The summed E-state index contributed by atoms with van der Waals surface area (Å²) in [6.45, 7) is 1.41. The van der Waals surface area contributed by atoms with Crippen molar-refractivity contribution in [1.29, 1.82) is 0 Å². The van der Waals surface area contributed by atoms with Gasteiger partial charge in [-0.2, -0.15) is 9.78 Å². The molecular weight excluding hydrogens is 309 g/mol. The highest BCUT2D eigenvalue weighted by atomic mass is 19.1. The Hall–Kier alpha value is -3.28. The molecule has 0 fully saturated rings. The fourth-order valence-electron chi connectivity index (χ4n) is 2.29. The highest BCUT2D eigenvalue weighted by molar-refractivity contribution is 5.88. The maximum atomic E-state index is 13.0. The molecule has 0 atom stereocenters. The molecular formula is C18H14FN3O2. The Balaban J connectivity index is 2.05. The molecule has 3 aromatic rings. The average Bonchev–Trinajstić information content (AvgIpc) is 2.56. The first kappa shape index (κ1) is 15.6. The summed E-state index contributed by atoms with van der Waals surface area (Å²) in [6, 6.07) is 15.7. The fourth-order valence-corrected chi connectivity index (χ4v) is 2.29. The molecule has 2 aromatic carbocycles. The molecule has 0 bridgehead atoms. The van der Waals surface area contributed by atoms with Gasteiger partial charge in [-0.3, -0.25) is 9.59 Å². The molecule has 0 saturated carbocycles. The Morgan fingerprint density at radius 3 is 2.54 bits per heavy atom. The van der Waals surface area contributed by atoms with Gasteiger partial charge in [0, 0.05) is 24.2 Å². The van der Waals surface area contributed by atoms with E-state index < -0.39 is 0 Å². The van der Waals surface area contributed by atoms with E-state index >= 15 is 0 Å². The van der Waals surface area contributed by atoms with Crippen molar-refractivity contribution in [3.63, 3.8) is 0 Å². The second-order valence-electron chi connectivity index (χ2n) is 5.21. The quantitative estimate of drug-likeness (QED) is 0.806. The highest BCUT2D eigenvalue weighted by Gasteiger charge is 2.07. The lowest BCUT2D eigenvalue weighted by molar-refractivity contribution is -0.114. The molecule has 6 heteroatoms. The fraction of sp³-hybridized carbons (Fsp3) is 0.0556. The number of rotatable bonds is 3. The Labute approximate surface area is 137 Å². The minimum atomic E-state index is -0.338. The minimum absolute atomic E-state index is 0.201. The summed E-state index contributed by atoms with van der Waals surface area (Å²) in [5.41, 5.74) is 2.03. The van der Waals surface area contributed by atoms with Crippen molar-refractivity contribution in [2.75, 3.05) is 5.32 Å². The van der Waals surface area contributed by atoms with Gasteiger partial charge in [-0.25, -0.2) is 4.39 Å². The van der Waals surface area contributed by atoms with Crippen LogP contribution < -0.4 is 10.9 Å². The van der Waals surface area contributed by atoms with E-state index in [2.05, 4.69) is 10.4 Å². The van der Waals surface area contributed by atoms with E-state index in [1.165, 1.54) is 29.8 Å². The van der Waals surface area contributed by atoms with Gasteiger partial charge in [-0.05, 0) is 48.5 Å². The van der Waals surface area contributed by atoms with Crippen molar-refractivity contribution >= 4 is 11.6 Å². The standard InChI is InChI=1S/C18H14FN3O2/c1-12(23)20-15-3-2-4-16(11-15)22-18(24)10-9-17(21-22)13-5-7-14(19)8-6-13/h2-11H,1H3,(H,20,23). The number of amides is 1. The van der Waals surface area contributed by atoms with Crippen LogP contribution >= 0.6 is 0 Å². The summed E-state index contributed by atoms with van der Waals surface area (Å²) in [5.74, 6) is -0.539. The van der Waals surface area contributed by atoms with Crippen LogP contribution in [0, 0.1) is 5.82 Å². The summed E-state index contributed by atoms with van der Waals surface area (Å²) in [6.07, 6.45) is 0. The molecule has 1 aromatic heterocycles. The van der Waals surface area contributed by atoms with Crippen LogP contribution in [0.1, 0.15) is 6.92 Å². The van der Waals surface area contributed by atoms with E-state index in [0.29, 0.717) is 22.6 Å². The summed E-state index contributed by atoms with van der Waals surface area (Å²) < 4.78 is 14.3.